The Morgan fingerprint density at radius 3 is 2.94 bits per heavy atom. The molecule has 0 aliphatic carbocycles. The summed E-state index contributed by atoms with van der Waals surface area (Å²) in [5.74, 6) is 1.75. The van der Waals surface area contributed by atoms with Crippen LogP contribution >= 0.6 is 0 Å². The first-order chi connectivity index (χ1) is 8.24. The second kappa shape index (κ2) is 5.31. The van der Waals surface area contributed by atoms with E-state index in [1.807, 2.05) is 13.2 Å². The Bertz CT molecular complexity index is 371. The summed E-state index contributed by atoms with van der Waals surface area (Å²) in [5, 5.41) is 3.02. The van der Waals surface area contributed by atoms with Crippen LogP contribution in [0.1, 0.15) is 19.8 Å². The van der Waals surface area contributed by atoms with Gasteiger partial charge in [0, 0.05) is 26.7 Å². The van der Waals surface area contributed by atoms with E-state index in [9.17, 15) is 0 Å². The van der Waals surface area contributed by atoms with Gasteiger partial charge in [-0.3, -0.25) is 4.98 Å². The predicted octanol–water partition coefficient (Wildman–Crippen LogP) is 1.52. The first kappa shape index (κ1) is 12.1. The molecule has 1 aliphatic rings. The number of hydrogen-bond donors (Lipinski definition) is 1. The van der Waals surface area contributed by atoms with Crippen molar-refractivity contribution in [1.82, 2.24) is 9.97 Å². The number of nitrogens with one attached hydrogen (secondary N) is 1. The molecule has 1 saturated heterocycles. The quantitative estimate of drug-likeness (QED) is 0.862. The molecule has 0 bridgehead atoms. The molecule has 1 aromatic heterocycles. The van der Waals surface area contributed by atoms with Gasteiger partial charge in [-0.15, -0.1) is 0 Å². The first-order valence-electron chi connectivity index (χ1n) is 6.04. The lowest BCUT2D eigenvalue weighted by molar-refractivity contribution is 0.0719. The van der Waals surface area contributed by atoms with Gasteiger partial charge in [-0.05, 0) is 19.8 Å². The molecule has 1 fully saturated rings. The number of rotatable bonds is 3. The molecule has 0 saturated carbocycles. The van der Waals surface area contributed by atoms with Crippen molar-refractivity contribution in [2.24, 2.45) is 0 Å². The fraction of sp³-hybridized carbons (Fsp3) is 0.667. The van der Waals surface area contributed by atoms with Crippen molar-refractivity contribution >= 4 is 11.6 Å². The van der Waals surface area contributed by atoms with Crippen LogP contribution in [0.3, 0.4) is 0 Å². The maximum atomic E-state index is 5.42. The van der Waals surface area contributed by atoms with Gasteiger partial charge >= 0.3 is 0 Å². The molecule has 17 heavy (non-hydrogen) atoms. The number of anilines is 2. The molecule has 2 unspecified atom stereocenters. The molecule has 0 radical (unpaired) electrons. The summed E-state index contributed by atoms with van der Waals surface area (Å²) in [5.41, 5.74) is 0. The standard InChI is InChI=1S/C12H20N4O/c1-9-6-10(17-3)4-5-16(9)12-8-14-7-11(13-2)15-12/h7-10H,4-6H2,1-3H3,(H,13,15). The second-order valence-electron chi connectivity index (χ2n) is 4.44. The highest BCUT2D eigenvalue weighted by atomic mass is 16.5. The zero-order valence-electron chi connectivity index (χ0n) is 10.7. The van der Waals surface area contributed by atoms with Crippen LogP contribution in [0.25, 0.3) is 0 Å². The van der Waals surface area contributed by atoms with Crippen molar-refractivity contribution in [2.45, 2.75) is 31.9 Å². The average molecular weight is 236 g/mol. The van der Waals surface area contributed by atoms with Gasteiger partial charge < -0.3 is 15.0 Å². The lowest BCUT2D eigenvalue weighted by Gasteiger charge is -2.37. The van der Waals surface area contributed by atoms with Crippen molar-refractivity contribution in [2.75, 3.05) is 30.9 Å². The zero-order chi connectivity index (χ0) is 12.3. The van der Waals surface area contributed by atoms with Crippen LogP contribution in [0, 0.1) is 0 Å². The largest absolute Gasteiger partial charge is 0.381 e. The average Bonchev–Trinajstić information content (AvgIpc) is 2.38. The zero-order valence-corrected chi connectivity index (χ0v) is 10.7. The lowest BCUT2D eigenvalue weighted by atomic mass is 10.0. The third-order valence-electron chi connectivity index (χ3n) is 3.33. The molecular weight excluding hydrogens is 216 g/mol. The van der Waals surface area contributed by atoms with Gasteiger partial charge in [-0.1, -0.05) is 0 Å². The molecule has 94 valence electrons. The number of ether oxygens (including phenoxy) is 1. The third-order valence-corrected chi connectivity index (χ3v) is 3.33. The molecule has 0 aromatic carbocycles. The van der Waals surface area contributed by atoms with Crippen molar-refractivity contribution in [3.8, 4) is 0 Å². The fourth-order valence-electron chi connectivity index (χ4n) is 2.30. The molecule has 2 rings (SSSR count). The van der Waals surface area contributed by atoms with Crippen LogP contribution in [-0.4, -0.2) is 42.8 Å². The molecule has 2 atom stereocenters. The summed E-state index contributed by atoms with van der Waals surface area (Å²) in [6.45, 7) is 3.18. The summed E-state index contributed by atoms with van der Waals surface area (Å²) >= 11 is 0. The number of aromatic nitrogens is 2. The van der Waals surface area contributed by atoms with Crippen molar-refractivity contribution in [3.05, 3.63) is 12.4 Å². The summed E-state index contributed by atoms with van der Waals surface area (Å²) in [6.07, 6.45) is 6.02. The maximum absolute atomic E-state index is 5.42. The van der Waals surface area contributed by atoms with E-state index >= 15 is 0 Å². The Labute approximate surface area is 102 Å². The monoisotopic (exact) mass is 236 g/mol. The number of hydrogen-bond acceptors (Lipinski definition) is 5. The molecule has 1 N–H and O–H groups in total. The van der Waals surface area contributed by atoms with Crippen molar-refractivity contribution in [3.63, 3.8) is 0 Å². The summed E-state index contributed by atoms with van der Waals surface area (Å²) in [7, 11) is 3.64. The molecule has 2 heterocycles. The topological polar surface area (TPSA) is 50.3 Å². The van der Waals surface area contributed by atoms with Crippen LogP contribution < -0.4 is 10.2 Å². The minimum absolute atomic E-state index is 0.377. The molecule has 5 nitrogen and oxygen atoms in total. The number of methoxy groups -OCH3 is 1. The van der Waals surface area contributed by atoms with E-state index in [1.54, 1.807) is 13.3 Å². The van der Waals surface area contributed by atoms with E-state index in [1.165, 1.54) is 0 Å². The maximum Gasteiger partial charge on any atom is 0.149 e. The Morgan fingerprint density at radius 2 is 2.29 bits per heavy atom. The van der Waals surface area contributed by atoms with Crippen LogP contribution in [0.15, 0.2) is 12.4 Å². The lowest BCUT2D eigenvalue weighted by Crippen LogP contribution is -2.43. The van der Waals surface area contributed by atoms with Gasteiger partial charge in [0.2, 0.25) is 0 Å². The highest BCUT2D eigenvalue weighted by Gasteiger charge is 2.26. The minimum atomic E-state index is 0.377. The Kier molecular flexibility index (Phi) is 3.78. The Hall–Kier alpha value is -1.36. The smallest absolute Gasteiger partial charge is 0.149 e. The fourth-order valence-corrected chi connectivity index (χ4v) is 2.30. The van der Waals surface area contributed by atoms with E-state index in [-0.39, 0.29) is 0 Å². The van der Waals surface area contributed by atoms with E-state index in [0.29, 0.717) is 12.1 Å². The van der Waals surface area contributed by atoms with Crippen LogP contribution in [0.4, 0.5) is 11.6 Å². The van der Waals surface area contributed by atoms with Gasteiger partial charge in [-0.2, -0.15) is 0 Å². The van der Waals surface area contributed by atoms with Gasteiger partial charge in [-0.25, -0.2) is 4.98 Å². The third kappa shape index (κ3) is 2.66. The number of nitrogens with zero attached hydrogens (tertiary/aromatic N) is 3. The highest BCUT2D eigenvalue weighted by Crippen LogP contribution is 2.24. The molecule has 5 heteroatoms. The normalized spacial score (nSPS) is 24.8. The van der Waals surface area contributed by atoms with E-state index in [2.05, 4.69) is 27.1 Å². The van der Waals surface area contributed by atoms with E-state index in [0.717, 1.165) is 31.0 Å². The predicted molar refractivity (Wildman–Crippen MR) is 68.4 cm³/mol. The molecule has 0 amide bonds. The summed E-state index contributed by atoms with van der Waals surface area (Å²) in [4.78, 5) is 11.0. The van der Waals surface area contributed by atoms with E-state index < -0.39 is 0 Å². The highest BCUT2D eigenvalue weighted by molar-refractivity contribution is 5.44. The molecule has 1 aromatic rings. The van der Waals surface area contributed by atoms with E-state index in [4.69, 9.17) is 4.74 Å². The number of piperidine rings is 1. The molecule has 0 spiro atoms. The van der Waals surface area contributed by atoms with Gasteiger partial charge in [0.1, 0.15) is 11.6 Å². The SMILES string of the molecule is CNc1cncc(N2CCC(OC)CC2C)n1. The van der Waals surface area contributed by atoms with Crippen LogP contribution in [-0.2, 0) is 4.74 Å². The first-order valence-corrected chi connectivity index (χ1v) is 6.04. The van der Waals surface area contributed by atoms with Crippen LogP contribution in [0.2, 0.25) is 0 Å². The van der Waals surface area contributed by atoms with Crippen LogP contribution in [0.5, 0.6) is 0 Å². The molecule has 1 aliphatic heterocycles. The minimum Gasteiger partial charge on any atom is -0.381 e. The second-order valence-corrected chi connectivity index (χ2v) is 4.44. The van der Waals surface area contributed by atoms with Gasteiger partial charge in [0.05, 0.1) is 18.5 Å². The summed E-state index contributed by atoms with van der Waals surface area (Å²) in [6, 6.07) is 0.440. The van der Waals surface area contributed by atoms with Crippen molar-refractivity contribution < 1.29 is 4.74 Å². The van der Waals surface area contributed by atoms with Crippen molar-refractivity contribution in [1.29, 1.82) is 0 Å². The Balaban J connectivity index is 2.11. The van der Waals surface area contributed by atoms with Gasteiger partial charge in [0.25, 0.3) is 0 Å². The molecular formula is C12H20N4O. The Morgan fingerprint density at radius 1 is 1.47 bits per heavy atom. The summed E-state index contributed by atoms with van der Waals surface area (Å²) < 4.78 is 5.42. The van der Waals surface area contributed by atoms with Gasteiger partial charge in [0.15, 0.2) is 0 Å².